The molecule has 4 fully saturated rings. The number of hydrogen-bond donors (Lipinski definition) is 0. The average Bonchev–Trinajstić information content (AvgIpc) is 2.70. The van der Waals surface area contributed by atoms with Crippen molar-refractivity contribution < 1.29 is 14.3 Å². The Labute approximate surface area is 160 Å². The Balaban J connectivity index is 1.27. The number of rotatable bonds is 2. The summed E-state index contributed by atoms with van der Waals surface area (Å²) in [5.74, 6) is 1.31. The van der Waals surface area contributed by atoms with Gasteiger partial charge in [0.15, 0.2) is 0 Å². The van der Waals surface area contributed by atoms with Crippen LogP contribution in [0.2, 0.25) is 0 Å². The van der Waals surface area contributed by atoms with Crippen molar-refractivity contribution in [3.8, 4) is 0 Å². The second-order valence-corrected chi connectivity index (χ2v) is 8.74. The summed E-state index contributed by atoms with van der Waals surface area (Å²) in [5, 5.41) is 0. The van der Waals surface area contributed by atoms with E-state index in [9.17, 15) is 9.59 Å². The Morgan fingerprint density at radius 3 is 2.67 bits per heavy atom. The normalized spacial score (nSPS) is 35.9. The topological polar surface area (TPSA) is 49.9 Å². The summed E-state index contributed by atoms with van der Waals surface area (Å²) in [6, 6.07) is 10.2. The van der Waals surface area contributed by atoms with Crippen LogP contribution >= 0.6 is 0 Å². The molecule has 5 rings (SSSR count). The molecule has 5 nitrogen and oxygen atoms in total. The van der Waals surface area contributed by atoms with Crippen LogP contribution in [0.15, 0.2) is 30.3 Å². The first-order chi connectivity index (χ1) is 13.2. The second kappa shape index (κ2) is 6.93. The van der Waals surface area contributed by atoms with Crippen molar-refractivity contribution in [2.45, 2.75) is 56.7 Å². The van der Waals surface area contributed by atoms with Gasteiger partial charge in [0.05, 0.1) is 5.56 Å². The number of carbonyl (C=O) groups excluding carboxylic acids is 2. The highest BCUT2D eigenvalue weighted by molar-refractivity contribution is 5.89. The first kappa shape index (κ1) is 17.2. The SMILES string of the molecule is O=C(OC1CCN2C[C@@H]3C[C@@H](CN4C(=O)CCC[C@H]34)[C@@H]2C1)c1ccccc1. The van der Waals surface area contributed by atoms with Crippen molar-refractivity contribution in [1.29, 1.82) is 0 Å². The molecular weight excluding hydrogens is 340 g/mol. The van der Waals surface area contributed by atoms with Crippen LogP contribution in [0, 0.1) is 11.8 Å². The lowest BCUT2D eigenvalue weighted by Crippen LogP contribution is -2.65. The third kappa shape index (κ3) is 3.16. The van der Waals surface area contributed by atoms with Gasteiger partial charge in [-0.25, -0.2) is 4.79 Å². The number of ether oxygens (including phenoxy) is 1. The predicted molar refractivity (Wildman–Crippen MR) is 101 cm³/mol. The first-order valence-corrected chi connectivity index (χ1v) is 10.5. The molecule has 0 aromatic heterocycles. The van der Waals surface area contributed by atoms with E-state index in [4.69, 9.17) is 4.74 Å². The fraction of sp³-hybridized carbons (Fsp3) is 0.636. The predicted octanol–water partition coefficient (Wildman–Crippen LogP) is 2.71. The molecule has 0 N–H and O–H groups in total. The quantitative estimate of drug-likeness (QED) is 0.753. The number of hydrogen-bond acceptors (Lipinski definition) is 4. The van der Waals surface area contributed by atoms with E-state index in [1.54, 1.807) is 0 Å². The van der Waals surface area contributed by atoms with E-state index >= 15 is 0 Å². The number of carbonyl (C=O) groups is 2. The van der Waals surface area contributed by atoms with Crippen molar-refractivity contribution in [2.24, 2.45) is 11.8 Å². The fourth-order valence-corrected chi connectivity index (χ4v) is 5.95. The third-order valence-electron chi connectivity index (χ3n) is 7.20. The maximum atomic E-state index is 12.4. The standard InChI is InChI=1S/C22H28N2O3/c25-21-8-4-7-19-16-11-17(14-24(19)21)20-12-18(9-10-23(20)13-16)27-22(26)15-5-2-1-3-6-15/h1-3,5-6,16-20H,4,7-14H2/t16-,17-,18?,19+,20-/m0/s1. The number of esters is 1. The second-order valence-electron chi connectivity index (χ2n) is 8.74. The average molecular weight is 368 g/mol. The van der Waals surface area contributed by atoms with Gasteiger partial charge in [0.25, 0.3) is 0 Å². The van der Waals surface area contributed by atoms with Gasteiger partial charge in [-0.1, -0.05) is 18.2 Å². The van der Waals surface area contributed by atoms with Gasteiger partial charge in [-0.3, -0.25) is 9.69 Å². The molecule has 5 atom stereocenters. The van der Waals surface area contributed by atoms with Crippen molar-refractivity contribution >= 4 is 11.9 Å². The zero-order valence-electron chi connectivity index (χ0n) is 15.8. The Hall–Kier alpha value is -1.88. The molecule has 1 aromatic rings. The molecule has 0 saturated carbocycles. The summed E-state index contributed by atoms with van der Waals surface area (Å²) in [7, 11) is 0. The molecule has 1 amide bonds. The highest BCUT2D eigenvalue weighted by Gasteiger charge is 2.49. The van der Waals surface area contributed by atoms with E-state index in [2.05, 4.69) is 9.80 Å². The van der Waals surface area contributed by atoms with E-state index in [0.29, 0.717) is 35.4 Å². The molecule has 144 valence electrons. The summed E-state index contributed by atoms with van der Waals surface area (Å²) in [6.07, 6.45) is 6.01. The summed E-state index contributed by atoms with van der Waals surface area (Å²) in [4.78, 5) is 29.7. The van der Waals surface area contributed by atoms with Gasteiger partial charge in [0, 0.05) is 44.6 Å². The van der Waals surface area contributed by atoms with Crippen LogP contribution in [0.1, 0.15) is 48.9 Å². The van der Waals surface area contributed by atoms with E-state index < -0.39 is 0 Å². The largest absolute Gasteiger partial charge is 0.459 e. The minimum absolute atomic E-state index is 0.00899. The molecule has 4 heterocycles. The van der Waals surface area contributed by atoms with E-state index in [1.165, 1.54) is 12.8 Å². The van der Waals surface area contributed by atoms with Gasteiger partial charge in [0.2, 0.25) is 5.91 Å². The zero-order valence-corrected chi connectivity index (χ0v) is 15.8. The van der Waals surface area contributed by atoms with Crippen molar-refractivity contribution in [3.63, 3.8) is 0 Å². The fourth-order valence-electron chi connectivity index (χ4n) is 5.95. The number of piperidine rings is 4. The van der Waals surface area contributed by atoms with Gasteiger partial charge in [-0.05, 0) is 49.7 Å². The molecule has 2 bridgehead atoms. The Bertz CT molecular complexity index is 722. The van der Waals surface area contributed by atoms with Gasteiger partial charge < -0.3 is 9.64 Å². The van der Waals surface area contributed by atoms with Crippen molar-refractivity contribution in [2.75, 3.05) is 19.6 Å². The number of nitrogens with zero attached hydrogens (tertiary/aromatic N) is 2. The lowest BCUT2D eigenvalue weighted by molar-refractivity contribution is -0.150. The molecule has 0 spiro atoms. The van der Waals surface area contributed by atoms with E-state index in [-0.39, 0.29) is 12.1 Å². The van der Waals surface area contributed by atoms with Gasteiger partial charge in [0.1, 0.15) is 6.10 Å². The Morgan fingerprint density at radius 1 is 1.00 bits per heavy atom. The van der Waals surface area contributed by atoms with Gasteiger partial charge in [-0.15, -0.1) is 0 Å². The molecule has 1 aromatic carbocycles. The van der Waals surface area contributed by atoms with Crippen LogP contribution in [0.25, 0.3) is 0 Å². The lowest BCUT2D eigenvalue weighted by Gasteiger charge is -2.57. The number of amides is 1. The molecule has 4 aliphatic heterocycles. The maximum Gasteiger partial charge on any atom is 0.338 e. The molecule has 1 unspecified atom stereocenters. The zero-order chi connectivity index (χ0) is 18.4. The molecule has 0 radical (unpaired) electrons. The summed E-state index contributed by atoms with van der Waals surface area (Å²) >= 11 is 0. The molecular formula is C22H28N2O3. The summed E-state index contributed by atoms with van der Waals surface area (Å²) < 4.78 is 5.85. The minimum atomic E-state index is -0.211. The van der Waals surface area contributed by atoms with Gasteiger partial charge in [-0.2, -0.15) is 0 Å². The monoisotopic (exact) mass is 368 g/mol. The maximum absolute atomic E-state index is 12.4. The highest BCUT2D eigenvalue weighted by atomic mass is 16.5. The van der Waals surface area contributed by atoms with Crippen molar-refractivity contribution in [3.05, 3.63) is 35.9 Å². The van der Waals surface area contributed by atoms with Crippen molar-refractivity contribution in [1.82, 2.24) is 9.80 Å². The Kier molecular flexibility index (Phi) is 4.43. The summed E-state index contributed by atoms with van der Waals surface area (Å²) in [6.45, 7) is 3.01. The molecule has 0 aliphatic carbocycles. The lowest BCUT2D eigenvalue weighted by atomic mass is 9.70. The van der Waals surface area contributed by atoms with Crippen LogP contribution < -0.4 is 0 Å². The molecule has 4 aliphatic rings. The molecule has 5 heteroatoms. The van der Waals surface area contributed by atoms with Crippen LogP contribution in [-0.4, -0.2) is 59.5 Å². The summed E-state index contributed by atoms with van der Waals surface area (Å²) in [5.41, 5.74) is 0.628. The van der Waals surface area contributed by atoms with E-state index in [1.807, 2.05) is 30.3 Å². The molecule has 4 saturated heterocycles. The van der Waals surface area contributed by atoms with Crippen LogP contribution in [0.3, 0.4) is 0 Å². The Morgan fingerprint density at radius 2 is 1.81 bits per heavy atom. The first-order valence-electron chi connectivity index (χ1n) is 10.5. The van der Waals surface area contributed by atoms with E-state index in [0.717, 1.165) is 45.3 Å². The van der Waals surface area contributed by atoms with Gasteiger partial charge >= 0.3 is 5.97 Å². The number of benzene rings is 1. The molecule has 27 heavy (non-hydrogen) atoms. The minimum Gasteiger partial charge on any atom is -0.459 e. The third-order valence-corrected chi connectivity index (χ3v) is 7.20. The highest BCUT2D eigenvalue weighted by Crippen LogP contribution is 2.43. The van der Waals surface area contributed by atoms with Crippen LogP contribution in [0.5, 0.6) is 0 Å². The van der Waals surface area contributed by atoms with Crippen LogP contribution in [-0.2, 0) is 9.53 Å². The smallest absolute Gasteiger partial charge is 0.338 e. The van der Waals surface area contributed by atoms with Crippen LogP contribution in [0.4, 0.5) is 0 Å². The number of fused-ring (bicyclic) bond motifs is 6.